The van der Waals surface area contributed by atoms with Crippen LogP contribution in [0.15, 0.2) is 18.2 Å². The third-order valence-corrected chi connectivity index (χ3v) is 3.73. The SMILES string of the molecule is Cc1ccc(N)c(C(=O)OC(C)C(=O)N2CCCCC2)c1. The minimum atomic E-state index is -0.782. The minimum absolute atomic E-state index is 0.130. The highest BCUT2D eigenvalue weighted by molar-refractivity contribution is 5.97. The Bertz CT molecular complexity index is 536. The maximum Gasteiger partial charge on any atom is 0.341 e. The molecule has 2 N–H and O–H groups in total. The highest BCUT2D eigenvalue weighted by Crippen LogP contribution is 2.17. The van der Waals surface area contributed by atoms with E-state index < -0.39 is 12.1 Å². The van der Waals surface area contributed by atoms with Crippen molar-refractivity contribution in [2.45, 2.75) is 39.2 Å². The molecule has 1 amide bonds. The maximum atomic E-state index is 12.2. The number of aryl methyl sites for hydroxylation is 1. The Morgan fingerprint density at radius 3 is 2.57 bits per heavy atom. The van der Waals surface area contributed by atoms with E-state index in [2.05, 4.69) is 0 Å². The van der Waals surface area contributed by atoms with Gasteiger partial charge in [0.15, 0.2) is 6.10 Å². The van der Waals surface area contributed by atoms with Crippen molar-refractivity contribution < 1.29 is 14.3 Å². The van der Waals surface area contributed by atoms with Crippen LogP contribution in [0.25, 0.3) is 0 Å². The average Bonchev–Trinajstić information content (AvgIpc) is 2.49. The summed E-state index contributed by atoms with van der Waals surface area (Å²) in [6, 6.07) is 5.17. The van der Waals surface area contributed by atoms with Crippen LogP contribution >= 0.6 is 0 Å². The third-order valence-electron chi connectivity index (χ3n) is 3.73. The minimum Gasteiger partial charge on any atom is -0.449 e. The van der Waals surface area contributed by atoms with Gasteiger partial charge in [0.2, 0.25) is 0 Å². The Morgan fingerprint density at radius 1 is 1.24 bits per heavy atom. The lowest BCUT2D eigenvalue weighted by molar-refractivity contribution is -0.140. The van der Waals surface area contributed by atoms with Gasteiger partial charge < -0.3 is 15.4 Å². The number of carbonyl (C=O) groups excluding carboxylic acids is 2. The van der Waals surface area contributed by atoms with Crippen molar-refractivity contribution in [3.05, 3.63) is 29.3 Å². The van der Waals surface area contributed by atoms with Crippen LogP contribution in [0.2, 0.25) is 0 Å². The average molecular weight is 290 g/mol. The number of hydrogen-bond acceptors (Lipinski definition) is 4. The van der Waals surface area contributed by atoms with Crippen LogP contribution in [0, 0.1) is 6.92 Å². The zero-order valence-corrected chi connectivity index (χ0v) is 12.6. The smallest absolute Gasteiger partial charge is 0.341 e. The Labute approximate surface area is 125 Å². The van der Waals surface area contributed by atoms with E-state index in [0.29, 0.717) is 11.3 Å². The first-order valence-corrected chi connectivity index (χ1v) is 7.35. The first-order valence-electron chi connectivity index (χ1n) is 7.35. The van der Waals surface area contributed by atoms with E-state index in [4.69, 9.17) is 10.5 Å². The predicted molar refractivity (Wildman–Crippen MR) is 80.9 cm³/mol. The van der Waals surface area contributed by atoms with E-state index in [0.717, 1.165) is 37.9 Å². The first-order chi connectivity index (χ1) is 9.99. The van der Waals surface area contributed by atoms with E-state index in [9.17, 15) is 9.59 Å². The molecule has 21 heavy (non-hydrogen) atoms. The molecule has 0 spiro atoms. The summed E-state index contributed by atoms with van der Waals surface area (Å²) in [7, 11) is 0. The van der Waals surface area contributed by atoms with Gasteiger partial charge in [0, 0.05) is 18.8 Å². The molecule has 1 atom stereocenters. The number of carbonyl (C=O) groups is 2. The normalized spacial score (nSPS) is 16.4. The van der Waals surface area contributed by atoms with Crippen molar-refractivity contribution in [1.29, 1.82) is 0 Å². The monoisotopic (exact) mass is 290 g/mol. The first kappa shape index (κ1) is 15.4. The number of nitrogens with two attached hydrogens (primary N) is 1. The predicted octanol–water partition coefficient (Wildman–Crippen LogP) is 2.14. The molecule has 5 nitrogen and oxygen atoms in total. The van der Waals surface area contributed by atoms with Crippen molar-refractivity contribution in [1.82, 2.24) is 4.90 Å². The fourth-order valence-electron chi connectivity index (χ4n) is 2.49. The third kappa shape index (κ3) is 3.74. The molecule has 1 aliphatic rings. The summed E-state index contributed by atoms with van der Waals surface area (Å²) in [5, 5.41) is 0. The number of benzene rings is 1. The molecule has 5 heteroatoms. The summed E-state index contributed by atoms with van der Waals surface area (Å²) in [6.07, 6.45) is 2.39. The molecule has 0 aromatic heterocycles. The highest BCUT2D eigenvalue weighted by Gasteiger charge is 2.26. The van der Waals surface area contributed by atoms with Gasteiger partial charge in [0.1, 0.15) is 0 Å². The number of amides is 1. The van der Waals surface area contributed by atoms with E-state index in [1.165, 1.54) is 0 Å². The molecule has 1 heterocycles. The molecule has 0 saturated carbocycles. The number of nitrogen functional groups attached to an aromatic ring is 1. The standard InChI is InChI=1S/C16H22N2O3/c1-11-6-7-14(17)13(10-11)16(20)21-12(2)15(19)18-8-4-3-5-9-18/h6-7,10,12H,3-5,8-9,17H2,1-2H3. The van der Waals surface area contributed by atoms with E-state index in [1.807, 2.05) is 13.0 Å². The van der Waals surface area contributed by atoms with Crippen LogP contribution in [0.1, 0.15) is 42.1 Å². The largest absolute Gasteiger partial charge is 0.449 e. The van der Waals surface area contributed by atoms with Crippen molar-refractivity contribution in [3.63, 3.8) is 0 Å². The Kier molecular flexibility index (Phi) is 4.83. The van der Waals surface area contributed by atoms with Gasteiger partial charge in [0.05, 0.1) is 5.56 Å². The lowest BCUT2D eigenvalue weighted by Gasteiger charge is -2.29. The summed E-state index contributed by atoms with van der Waals surface area (Å²) < 4.78 is 5.28. The zero-order valence-electron chi connectivity index (χ0n) is 12.6. The summed E-state index contributed by atoms with van der Waals surface area (Å²) in [4.78, 5) is 26.1. The van der Waals surface area contributed by atoms with Gasteiger partial charge in [-0.1, -0.05) is 11.6 Å². The van der Waals surface area contributed by atoms with Crippen LogP contribution in [0.4, 0.5) is 5.69 Å². The fourth-order valence-corrected chi connectivity index (χ4v) is 2.49. The quantitative estimate of drug-likeness (QED) is 0.683. The summed E-state index contributed by atoms with van der Waals surface area (Å²) >= 11 is 0. The van der Waals surface area contributed by atoms with Crippen molar-refractivity contribution >= 4 is 17.6 Å². The molecule has 2 rings (SSSR count). The number of ether oxygens (including phenoxy) is 1. The second-order valence-electron chi connectivity index (χ2n) is 5.52. The summed E-state index contributed by atoms with van der Waals surface area (Å²) in [5.74, 6) is -0.677. The molecule has 0 radical (unpaired) electrons. The Hall–Kier alpha value is -2.04. The number of likely N-dealkylation sites (tertiary alicyclic amines) is 1. The second kappa shape index (κ2) is 6.61. The molecule has 1 saturated heterocycles. The zero-order chi connectivity index (χ0) is 15.4. The Morgan fingerprint density at radius 2 is 1.90 bits per heavy atom. The molecule has 1 fully saturated rings. The molecular weight excluding hydrogens is 268 g/mol. The van der Waals surface area contributed by atoms with Gasteiger partial charge in [-0.3, -0.25) is 4.79 Å². The van der Waals surface area contributed by atoms with Crippen LogP contribution in [-0.2, 0) is 9.53 Å². The van der Waals surface area contributed by atoms with Crippen molar-refractivity contribution in [2.75, 3.05) is 18.8 Å². The Balaban J connectivity index is 2.01. The van der Waals surface area contributed by atoms with E-state index in [-0.39, 0.29) is 5.91 Å². The molecule has 1 unspecified atom stereocenters. The van der Waals surface area contributed by atoms with E-state index in [1.54, 1.807) is 24.0 Å². The van der Waals surface area contributed by atoms with Gasteiger partial charge in [-0.2, -0.15) is 0 Å². The number of anilines is 1. The van der Waals surface area contributed by atoms with Gasteiger partial charge in [-0.15, -0.1) is 0 Å². The number of nitrogens with zero attached hydrogens (tertiary/aromatic N) is 1. The van der Waals surface area contributed by atoms with E-state index >= 15 is 0 Å². The highest BCUT2D eigenvalue weighted by atomic mass is 16.5. The second-order valence-corrected chi connectivity index (χ2v) is 5.52. The van der Waals surface area contributed by atoms with Crippen molar-refractivity contribution in [2.24, 2.45) is 0 Å². The summed E-state index contributed by atoms with van der Waals surface area (Å²) in [6.45, 7) is 4.97. The number of hydrogen-bond donors (Lipinski definition) is 1. The van der Waals surface area contributed by atoms with Crippen LogP contribution in [0.3, 0.4) is 0 Å². The van der Waals surface area contributed by atoms with Gasteiger partial charge >= 0.3 is 5.97 Å². The molecule has 0 bridgehead atoms. The van der Waals surface area contributed by atoms with Crippen molar-refractivity contribution in [3.8, 4) is 0 Å². The molecule has 114 valence electrons. The van der Waals surface area contributed by atoms with Crippen LogP contribution in [0.5, 0.6) is 0 Å². The molecular formula is C16H22N2O3. The lowest BCUT2D eigenvalue weighted by Crippen LogP contribution is -2.42. The van der Waals surface area contributed by atoms with Gasteiger partial charge in [-0.25, -0.2) is 4.79 Å². The van der Waals surface area contributed by atoms with Crippen LogP contribution < -0.4 is 5.73 Å². The van der Waals surface area contributed by atoms with Gasteiger partial charge in [-0.05, 0) is 45.2 Å². The maximum absolute atomic E-state index is 12.2. The topological polar surface area (TPSA) is 72.6 Å². The summed E-state index contributed by atoms with van der Waals surface area (Å²) in [5.41, 5.74) is 7.39. The molecule has 1 aromatic carbocycles. The fraction of sp³-hybridized carbons (Fsp3) is 0.500. The van der Waals surface area contributed by atoms with Crippen LogP contribution in [-0.4, -0.2) is 36.0 Å². The molecule has 1 aromatic rings. The lowest BCUT2D eigenvalue weighted by atomic mass is 10.1. The number of piperidine rings is 1. The molecule has 0 aliphatic carbocycles. The molecule has 1 aliphatic heterocycles. The number of esters is 1. The number of rotatable bonds is 3. The van der Waals surface area contributed by atoms with Gasteiger partial charge in [0.25, 0.3) is 5.91 Å².